The molecule has 9 aromatic rings. The lowest BCUT2D eigenvalue weighted by atomic mass is 9.99. The fourth-order valence-corrected chi connectivity index (χ4v) is 9.20. The monoisotopic (exact) mass is 1420 g/mol. The van der Waals surface area contributed by atoms with Crippen LogP contribution in [0.5, 0.6) is 17.6 Å². The number of nitrogens with two attached hydrogens (primary N) is 1. The van der Waals surface area contributed by atoms with Gasteiger partial charge in [-0.1, -0.05) is 0 Å². The summed E-state index contributed by atoms with van der Waals surface area (Å²) in [7, 11) is -3.51. The fraction of sp³-hybridized carbons (Fsp3) is 0.449. The van der Waals surface area contributed by atoms with Gasteiger partial charge < -0.3 is 71.1 Å². The number of nitrogens with zero attached hydrogens (tertiary/aromatic N) is 14. The lowest BCUT2D eigenvalue weighted by Crippen LogP contribution is -2.35. The topological polar surface area (TPSA) is 422 Å². The molecule has 0 saturated carbocycles. The second-order valence-corrected chi connectivity index (χ2v) is 26.8. The summed E-state index contributed by atoms with van der Waals surface area (Å²) >= 11 is 0. The van der Waals surface area contributed by atoms with Crippen LogP contribution in [0.4, 0.5) is 61.6 Å². The Kier molecular flexibility index (Phi) is 22.6. The third-order valence-electron chi connectivity index (χ3n) is 14.0. The number of aliphatic hydroxyl groups is 3. The Morgan fingerprint density at radius 2 is 0.873 bits per heavy atom. The number of hydrogen-bond donors (Lipinski definition) is 9. The second-order valence-electron chi connectivity index (χ2n) is 26.8. The number of aromatic nitrogens is 12. The molecule has 0 saturated heterocycles. The molecule has 2 amide bonds. The molecule has 102 heavy (non-hydrogen) atoms. The Morgan fingerprint density at radius 3 is 1.20 bits per heavy atom. The van der Waals surface area contributed by atoms with Gasteiger partial charge in [0, 0.05) is 70.8 Å². The molecule has 550 valence electrons. The number of anilines is 9. The van der Waals surface area contributed by atoms with Gasteiger partial charge in [-0.2, -0.15) is 28.8 Å². The molecular weight excluding hydrogens is 1320 g/mol. The van der Waals surface area contributed by atoms with Gasteiger partial charge in [-0.15, -0.1) is 0 Å². The summed E-state index contributed by atoms with van der Waals surface area (Å²) in [5, 5.41) is 62.7. The molecule has 0 spiro atoms. The van der Waals surface area contributed by atoms with E-state index in [0.717, 1.165) is 11.1 Å². The van der Waals surface area contributed by atoms with Crippen molar-refractivity contribution in [2.45, 2.75) is 156 Å². The number of amides is 2. The van der Waals surface area contributed by atoms with Crippen molar-refractivity contribution in [2.24, 2.45) is 5.73 Å². The molecule has 0 aliphatic rings. The van der Waals surface area contributed by atoms with E-state index in [1.54, 1.807) is 127 Å². The molecule has 0 aliphatic carbocycles. The number of methoxy groups -OCH3 is 3. The van der Waals surface area contributed by atoms with Gasteiger partial charge in [-0.25, -0.2) is 44.3 Å². The molecule has 33 heteroatoms. The third-order valence-corrected chi connectivity index (χ3v) is 14.0. The van der Waals surface area contributed by atoms with Gasteiger partial charge >= 0.3 is 18.2 Å². The molecular formula is C69H95N19O14. The highest BCUT2D eigenvalue weighted by atomic mass is 16.6. The van der Waals surface area contributed by atoms with Gasteiger partial charge in [-0.05, 0) is 158 Å². The molecule has 33 nitrogen and oxygen atoms in total. The Hall–Kier alpha value is -10.9. The fourth-order valence-electron chi connectivity index (χ4n) is 9.20. The van der Waals surface area contributed by atoms with E-state index in [9.17, 15) is 39.3 Å². The molecule has 10 N–H and O–H groups in total. The van der Waals surface area contributed by atoms with Crippen LogP contribution in [0.1, 0.15) is 171 Å². The first kappa shape index (κ1) is 67.0. The number of fused-ring (bicyclic) bond motifs is 3. The van der Waals surface area contributed by atoms with Crippen LogP contribution in [0.2, 0.25) is 0 Å². The van der Waals surface area contributed by atoms with E-state index in [0.29, 0.717) is 67.2 Å². The summed E-state index contributed by atoms with van der Waals surface area (Å²) < 4.78 is 95.9. The van der Waals surface area contributed by atoms with Crippen molar-refractivity contribution in [3.63, 3.8) is 0 Å². The molecule has 0 aromatic carbocycles. The summed E-state index contributed by atoms with van der Waals surface area (Å²) in [5.41, 5.74) is 2.79. The first-order chi connectivity index (χ1) is 51.2. The zero-order valence-electron chi connectivity index (χ0n) is 68.5. The zero-order valence-corrected chi connectivity index (χ0v) is 59.5. The van der Waals surface area contributed by atoms with E-state index in [1.165, 1.54) is 81.7 Å². The molecule has 0 atom stereocenters. The van der Waals surface area contributed by atoms with Gasteiger partial charge in [0.1, 0.15) is 68.7 Å². The average molecular weight is 1420 g/mol. The Morgan fingerprint density at radius 1 is 0.529 bits per heavy atom. The van der Waals surface area contributed by atoms with Gasteiger partial charge in [0.25, 0.3) is 0 Å². The number of ether oxygens (including phenoxy) is 5. The van der Waals surface area contributed by atoms with E-state index in [4.69, 9.17) is 46.9 Å². The van der Waals surface area contributed by atoms with E-state index < -0.39 is 67.3 Å². The number of nitrogens with one attached hydrogen (secondary N) is 4. The maximum Gasteiger partial charge on any atom is 0.415 e. The minimum atomic E-state index is -2.74. The highest BCUT2D eigenvalue weighted by Crippen LogP contribution is 2.33. The number of carbonyl (C=O) groups is 5. The van der Waals surface area contributed by atoms with Crippen molar-refractivity contribution in [2.75, 3.05) is 79.9 Å². The number of rotatable bonds is 25. The van der Waals surface area contributed by atoms with Crippen LogP contribution in [0, 0.1) is 0 Å². The van der Waals surface area contributed by atoms with Gasteiger partial charge in [-0.3, -0.25) is 19.4 Å². The molecule has 0 unspecified atom stereocenters. The number of carboxylic acid groups (broad SMARTS) is 1. The zero-order chi connectivity index (χ0) is 83.2. The predicted molar refractivity (Wildman–Crippen MR) is 386 cm³/mol. The number of carbonyl (C=O) groups excluding carboxylic acids is 4. The third kappa shape index (κ3) is 23.1. The van der Waals surface area contributed by atoms with Crippen LogP contribution in [-0.4, -0.2) is 186 Å². The molecule has 9 heterocycles. The van der Waals surface area contributed by atoms with Crippen molar-refractivity contribution in [3.8, 4) is 17.6 Å². The van der Waals surface area contributed by atoms with E-state index >= 15 is 0 Å². The van der Waals surface area contributed by atoms with Crippen LogP contribution in [-0.2, 0) is 9.47 Å². The first-order valence-corrected chi connectivity index (χ1v) is 31.9. The number of hydrogen-bond acceptors (Lipinski definition) is 27. The van der Waals surface area contributed by atoms with Crippen molar-refractivity contribution in [1.29, 1.82) is 0 Å². The van der Waals surface area contributed by atoms with Gasteiger partial charge in [0.15, 0.2) is 28.5 Å². The molecule has 0 radical (unpaired) electrons. The highest BCUT2D eigenvalue weighted by molar-refractivity contribution is 6.03. The number of carboxylic acids is 1. The smallest absolute Gasteiger partial charge is 0.415 e. The SMILES string of the molecule is CC(C)(O)CCN.[2H]C([2H])([2H])Oc1ncccc1Nc1cc(N(C)C(=O)OC(C)(C)C)n2ncc(C(=O)CCCC(C)(C)O)c2n1.[2H]C([2H])([2H])Oc1ncccc1Nc1cc(N(C)C(=O)OC(C)(C)C)n2ncc(C(=O)O)c2n1.[2H]C([2H])([2H])Oc1ncccc1Nc1cc(NC)n2ncc(C(=O)CCCC(C)(C)O)c2n1. The Labute approximate surface area is 603 Å². The van der Waals surface area contributed by atoms with Gasteiger partial charge in [0.05, 0.1) is 80.0 Å². The highest BCUT2D eigenvalue weighted by Gasteiger charge is 2.29. The number of pyridine rings is 3. The molecule has 0 aliphatic heterocycles. The minimum absolute atomic E-state index is 0.0555. The molecule has 9 aromatic heterocycles. The van der Waals surface area contributed by atoms with Crippen LogP contribution >= 0.6 is 0 Å². The normalized spacial score (nSPS) is 13.3. The molecule has 0 bridgehead atoms. The summed E-state index contributed by atoms with van der Waals surface area (Å²) in [6.07, 6.45) is 9.70. The number of ketones is 2. The summed E-state index contributed by atoms with van der Waals surface area (Å²) in [6, 6.07) is 14.0. The summed E-state index contributed by atoms with van der Waals surface area (Å²) in [6.45, 7) is 21.1. The minimum Gasteiger partial charge on any atom is -0.480 e. The van der Waals surface area contributed by atoms with E-state index in [2.05, 4.69) is 66.5 Å². The first-order valence-electron chi connectivity index (χ1n) is 36.4. The lowest BCUT2D eigenvalue weighted by Gasteiger charge is -2.25. The van der Waals surface area contributed by atoms with Crippen LogP contribution < -0.4 is 51.0 Å². The van der Waals surface area contributed by atoms with E-state index in [-0.39, 0.29) is 99.1 Å². The van der Waals surface area contributed by atoms with Crippen molar-refractivity contribution in [1.82, 2.24) is 58.7 Å². The largest absolute Gasteiger partial charge is 0.480 e. The average Bonchev–Trinajstić information content (AvgIpc) is 1.67. The van der Waals surface area contributed by atoms with Crippen LogP contribution in [0.15, 0.2) is 91.8 Å². The molecule has 0 fully saturated rings. The lowest BCUT2D eigenvalue weighted by molar-refractivity contribution is 0.0577. The van der Waals surface area contributed by atoms with Crippen LogP contribution in [0.3, 0.4) is 0 Å². The van der Waals surface area contributed by atoms with Crippen molar-refractivity contribution < 1.29 is 80.4 Å². The number of aromatic carboxylic acids is 1. The van der Waals surface area contributed by atoms with Gasteiger partial charge in [0.2, 0.25) is 17.6 Å². The number of Topliss-reactive ketones (excluding diaryl/α,β-unsaturated/α-hetero) is 2. The van der Waals surface area contributed by atoms with Crippen molar-refractivity contribution in [3.05, 3.63) is 108 Å². The maximum absolute atomic E-state index is 13.1. The molecule has 9 rings (SSSR count). The second kappa shape index (κ2) is 34.4. The standard InChI is InChI=1S/C25H34N6O5.C20H26N6O3.C19H22N6O5.C5H13NO/c1-24(2,3)36-23(33)30(6)20-14-19(28-17-10-9-13-26-22(17)35-7)29-21-16(15-27-31(20)21)18(32)11-8-12-25(4,5)34;1-20(2,28)9-5-8-15(27)13-12-23-26-17(21-3)11-16(25-18(13)26)24-14-7-6-10-22-19(14)29-4;1-19(2,3)30-18(28)24(4)14-9-13(22-12-7-6-8-20-16(12)29-5)23-15-11(17(26)27)10-21-25(14)15;1-5(2,7)3-4-6/h9-10,13-15,34H,8,11-12H2,1-7H3,(H,28,29);6-7,10-12,21,28H,5,8-9H2,1-4H3,(H,24,25);6-10H,1-5H3,(H,22,23)(H,26,27);7H,3-4,6H2,1-2H3/i7D3;4D3;5D3;. The predicted octanol–water partition coefficient (Wildman–Crippen LogP) is 10.5. The Bertz CT molecular complexity index is 4710. The summed E-state index contributed by atoms with van der Waals surface area (Å²) in [4.78, 5) is 90.6. The van der Waals surface area contributed by atoms with Crippen LogP contribution in [0.25, 0.3) is 16.9 Å². The van der Waals surface area contributed by atoms with Crippen molar-refractivity contribution >= 4 is 98.6 Å². The maximum atomic E-state index is 13.1. The quantitative estimate of drug-likeness (QED) is 0.0240. The summed E-state index contributed by atoms with van der Waals surface area (Å²) in [5.74, 6) is -0.605. The Balaban J connectivity index is 0.000000250. The van der Waals surface area contributed by atoms with E-state index in [1.807, 2.05) is 0 Å².